The van der Waals surface area contributed by atoms with E-state index in [1.54, 1.807) is 41.3 Å². The predicted molar refractivity (Wildman–Crippen MR) is 158 cm³/mol. The van der Waals surface area contributed by atoms with Crippen molar-refractivity contribution in [3.63, 3.8) is 0 Å². The minimum Gasteiger partial charge on any atom is -0.454 e. The molecule has 2 saturated heterocycles. The monoisotopic (exact) mass is 616 g/mol. The molecule has 2 heterocycles. The minimum atomic E-state index is -3.99. The molecule has 0 saturated carbocycles. The number of hydrogen-bond acceptors (Lipinski definition) is 6. The Morgan fingerprint density at radius 2 is 1.49 bits per heavy atom. The molecule has 2 amide bonds. The molecule has 3 aromatic rings. The lowest BCUT2D eigenvalue weighted by atomic mass is 10.2. The van der Waals surface area contributed by atoms with Crippen LogP contribution in [-0.4, -0.2) is 80.7 Å². The van der Waals surface area contributed by atoms with E-state index in [1.807, 2.05) is 4.90 Å². The molecule has 9 nitrogen and oxygen atoms in total. The molecule has 216 valence electrons. The fourth-order valence-electron chi connectivity index (χ4n) is 4.85. The zero-order chi connectivity index (χ0) is 29.0. The van der Waals surface area contributed by atoms with Crippen LogP contribution in [0, 0.1) is 0 Å². The van der Waals surface area contributed by atoms with Crippen LogP contribution in [0.2, 0.25) is 10.0 Å². The number of ether oxygens (including phenoxy) is 1. The van der Waals surface area contributed by atoms with E-state index in [2.05, 4.69) is 9.62 Å². The molecule has 0 radical (unpaired) electrons. The number of nitrogens with zero attached hydrogens (tertiary/aromatic N) is 3. The number of nitrogens with one attached hydrogen (secondary N) is 1. The Bertz CT molecular complexity index is 1520. The molecule has 0 unspecified atom stereocenters. The molecule has 0 aliphatic carbocycles. The van der Waals surface area contributed by atoms with E-state index < -0.39 is 10.0 Å². The Kier molecular flexibility index (Phi) is 9.03. The molecule has 0 spiro atoms. The van der Waals surface area contributed by atoms with Crippen LogP contribution in [0.3, 0.4) is 0 Å². The van der Waals surface area contributed by atoms with Crippen LogP contribution < -0.4 is 9.46 Å². The first-order chi connectivity index (χ1) is 19.7. The average Bonchev–Trinajstić information content (AvgIpc) is 3.51. The van der Waals surface area contributed by atoms with Crippen LogP contribution in [0.1, 0.15) is 23.2 Å². The first kappa shape index (κ1) is 29.2. The summed E-state index contributed by atoms with van der Waals surface area (Å²) in [5.41, 5.74) is 0.617. The van der Waals surface area contributed by atoms with Crippen molar-refractivity contribution >= 4 is 50.7 Å². The van der Waals surface area contributed by atoms with Gasteiger partial charge in [0.15, 0.2) is 5.75 Å². The minimum absolute atomic E-state index is 0.00128. The maximum absolute atomic E-state index is 13.2. The van der Waals surface area contributed by atoms with E-state index in [-0.39, 0.29) is 33.2 Å². The highest BCUT2D eigenvalue weighted by Crippen LogP contribution is 2.35. The molecular formula is C29H30Cl2N4O5S. The van der Waals surface area contributed by atoms with E-state index >= 15 is 0 Å². The van der Waals surface area contributed by atoms with Gasteiger partial charge >= 0.3 is 0 Å². The second kappa shape index (κ2) is 12.7. The van der Waals surface area contributed by atoms with Crippen LogP contribution in [0.25, 0.3) is 0 Å². The standard InChI is InChI=1S/C29H30Cl2N4O5S/c30-22-9-12-26(24(31)19-22)40-27-6-2-1-5-25(27)32-41(38,39)23-10-7-21(8-11-23)29(37)35-17-15-33(16-18-35)20-28(36)34-13-3-4-14-34/h1-2,5-12,19,32H,3-4,13-18,20H2. The highest BCUT2D eigenvalue weighted by atomic mass is 35.5. The number of halogens is 2. The molecule has 2 aliphatic rings. The fraction of sp³-hybridized carbons (Fsp3) is 0.310. The maximum atomic E-state index is 13.2. The number of likely N-dealkylation sites (tertiary alicyclic amines) is 1. The topological polar surface area (TPSA) is 99.3 Å². The summed E-state index contributed by atoms with van der Waals surface area (Å²) in [6.45, 7) is 4.27. The van der Waals surface area contributed by atoms with Crippen LogP contribution in [0.5, 0.6) is 11.5 Å². The van der Waals surface area contributed by atoms with Gasteiger partial charge < -0.3 is 14.5 Å². The zero-order valence-corrected chi connectivity index (χ0v) is 24.6. The van der Waals surface area contributed by atoms with Crippen molar-refractivity contribution in [1.82, 2.24) is 14.7 Å². The number of benzene rings is 3. The largest absolute Gasteiger partial charge is 0.454 e. The van der Waals surface area contributed by atoms with Gasteiger partial charge in [0.25, 0.3) is 15.9 Å². The normalized spacial score (nSPS) is 16.0. The van der Waals surface area contributed by atoms with Crippen LogP contribution >= 0.6 is 23.2 Å². The van der Waals surface area contributed by atoms with Gasteiger partial charge in [-0.25, -0.2) is 8.42 Å². The SMILES string of the molecule is O=C(CN1CCN(C(=O)c2ccc(S(=O)(=O)Nc3ccccc3Oc3ccc(Cl)cc3Cl)cc2)CC1)N1CCCC1. The zero-order valence-electron chi connectivity index (χ0n) is 22.3. The van der Waals surface area contributed by atoms with Crippen molar-refractivity contribution in [3.8, 4) is 11.5 Å². The lowest BCUT2D eigenvalue weighted by Crippen LogP contribution is -2.51. The van der Waals surface area contributed by atoms with E-state index in [0.29, 0.717) is 49.1 Å². The number of para-hydroxylation sites is 2. The number of piperazine rings is 1. The van der Waals surface area contributed by atoms with Gasteiger partial charge in [0.2, 0.25) is 5.91 Å². The number of sulfonamides is 1. The fourth-order valence-corrected chi connectivity index (χ4v) is 6.36. The molecule has 1 N–H and O–H groups in total. The van der Waals surface area contributed by atoms with Gasteiger partial charge in [-0.3, -0.25) is 19.2 Å². The van der Waals surface area contributed by atoms with Gasteiger partial charge in [-0.15, -0.1) is 0 Å². The Morgan fingerprint density at radius 3 is 2.17 bits per heavy atom. The second-order valence-corrected chi connectivity index (χ2v) is 12.5. The van der Waals surface area contributed by atoms with Crippen molar-refractivity contribution in [2.24, 2.45) is 0 Å². The Hall–Kier alpha value is -3.31. The molecule has 5 rings (SSSR count). The summed E-state index contributed by atoms with van der Waals surface area (Å²) in [6, 6.07) is 17.2. The molecule has 2 fully saturated rings. The van der Waals surface area contributed by atoms with Gasteiger partial charge in [-0.1, -0.05) is 35.3 Å². The molecule has 0 aromatic heterocycles. The lowest BCUT2D eigenvalue weighted by Gasteiger charge is -2.35. The molecule has 12 heteroatoms. The third-order valence-electron chi connectivity index (χ3n) is 7.13. The third-order valence-corrected chi connectivity index (χ3v) is 9.05. The number of rotatable bonds is 8. The van der Waals surface area contributed by atoms with Gasteiger partial charge in [-0.2, -0.15) is 0 Å². The highest BCUT2D eigenvalue weighted by molar-refractivity contribution is 7.92. The van der Waals surface area contributed by atoms with Gasteiger partial charge in [-0.05, 0) is 67.4 Å². The second-order valence-electron chi connectivity index (χ2n) is 9.96. The summed E-state index contributed by atoms with van der Waals surface area (Å²) in [5, 5.41) is 0.734. The van der Waals surface area contributed by atoms with E-state index in [0.717, 1.165) is 25.9 Å². The molecule has 2 aliphatic heterocycles. The van der Waals surface area contributed by atoms with Crippen molar-refractivity contribution < 1.29 is 22.7 Å². The summed E-state index contributed by atoms with van der Waals surface area (Å²) in [7, 11) is -3.99. The predicted octanol–water partition coefficient (Wildman–Crippen LogP) is 4.97. The van der Waals surface area contributed by atoms with Crippen molar-refractivity contribution in [2.75, 3.05) is 50.5 Å². The van der Waals surface area contributed by atoms with Crippen molar-refractivity contribution in [3.05, 3.63) is 82.3 Å². The van der Waals surface area contributed by atoms with Gasteiger partial charge in [0.05, 0.1) is 22.2 Å². The van der Waals surface area contributed by atoms with Crippen LogP contribution in [0.15, 0.2) is 71.6 Å². The molecule has 41 heavy (non-hydrogen) atoms. The summed E-state index contributed by atoms with van der Waals surface area (Å²) in [6.07, 6.45) is 2.12. The summed E-state index contributed by atoms with van der Waals surface area (Å²) in [5.74, 6) is 0.555. The Labute approximate surface area is 249 Å². The molecular weight excluding hydrogens is 587 g/mol. The number of amides is 2. The van der Waals surface area contributed by atoms with E-state index in [9.17, 15) is 18.0 Å². The smallest absolute Gasteiger partial charge is 0.262 e. The van der Waals surface area contributed by atoms with Crippen LogP contribution in [0.4, 0.5) is 5.69 Å². The highest BCUT2D eigenvalue weighted by Gasteiger charge is 2.26. The van der Waals surface area contributed by atoms with Gasteiger partial charge in [0, 0.05) is 49.9 Å². The Morgan fingerprint density at radius 1 is 0.805 bits per heavy atom. The quantitative estimate of drug-likeness (QED) is 0.384. The van der Waals surface area contributed by atoms with Crippen molar-refractivity contribution in [1.29, 1.82) is 0 Å². The lowest BCUT2D eigenvalue weighted by molar-refractivity contribution is -0.131. The summed E-state index contributed by atoms with van der Waals surface area (Å²) >= 11 is 12.2. The van der Waals surface area contributed by atoms with Crippen LogP contribution in [-0.2, 0) is 14.8 Å². The first-order valence-corrected chi connectivity index (χ1v) is 15.6. The molecule has 0 atom stereocenters. The number of carbonyl (C=O) groups excluding carboxylic acids is 2. The third kappa shape index (κ3) is 7.13. The number of anilines is 1. The summed E-state index contributed by atoms with van der Waals surface area (Å²) < 4.78 is 34.8. The van der Waals surface area contributed by atoms with Crippen molar-refractivity contribution in [2.45, 2.75) is 17.7 Å². The van der Waals surface area contributed by atoms with Gasteiger partial charge in [0.1, 0.15) is 5.75 Å². The molecule has 3 aromatic carbocycles. The maximum Gasteiger partial charge on any atom is 0.262 e. The molecule has 0 bridgehead atoms. The first-order valence-electron chi connectivity index (χ1n) is 13.3. The number of carbonyl (C=O) groups is 2. The average molecular weight is 618 g/mol. The summed E-state index contributed by atoms with van der Waals surface area (Å²) in [4.78, 5) is 31.2. The van der Waals surface area contributed by atoms with E-state index in [1.165, 1.54) is 30.3 Å². The van der Waals surface area contributed by atoms with E-state index in [4.69, 9.17) is 27.9 Å². The number of hydrogen-bond donors (Lipinski definition) is 1. The Balaban J connectivity index is 1.20.